The van der Waals surface area contributed by atoms with Crippen molar-refractivity contribution in [1.29, 1.82) is 0 Å². The molecule has 2 heterocycles. The molecule has 22 heavy (non-hydrogen) atoms. The second-order valence-electron chi connectivity index (χ2n) is 5.78. The first-order valence-corrected chi connectivity index (χ1v) is 8.39. The Morgan fingerprint density at radius 3 is 2.27 bits per heavy atom. The molecule has 2 aliphatic rings. The first-order chi connectivity index (χ1) is 10.0. The number of carbonyl (C=O) groups is 1. The van der Waals surface area contributed by atoms with Crippen molar-refractivity contribution in [3.8, 4) is 0 Å². The van der Waals surface area contributed by atoms with E-state index in [0.717, 1.165) is 4.90 Å². The van der Waals surface area contributed by atoms with Gasteiger partial charge in [-0.15, -0.1) is 0 Å². The summed E-state index contributed by atoms with van der Waals surface area (Å²) in [6, 6.07) is -1.26. The molecule has 2 aliphatic heterocycles. The van der Waals surface area contributed by atoms with Crippen molar-refractivity contribution >= 4 is 16.0 Å². The minimum atomic E-state index is -5.80. The van der Waals surface area contributed by atoms with E-state index >= 15 is 0 Å². The highest BCUT2D eigenvalue weighted by atomic mass is 32.2. The van der Waals surface area contributed by atoms with Crippen molar-refractivity contribution in [2.24, 2.45) is 0 Å². The van der Waals surface area contributed by atoms with Crippen molar-refractivity contribution in [1.82, 2.24) is 4.90 Å². The van der Waals surface area contributed by atoms with Gasteiger partial charge in [0.25, 0.3) is 0 Å². The summed E-state index contributed by atoms with van der Waals surface area (Å²) in [4.78, 5) is 12.7. The number of ether oxygens (including phenoxy) is 2. The number of hydrogen-bond donors (Lipinski definition) is 1. The molecule has 0 aromatic rings. The lowest BCUT2D eigenvalue weighted by Crippen LogP contribution is -2.58. The molecule has 7 nitrogen and oxygen atoms in total. The zero-order chi connectivity index (χ0) is 16.7. The Labute approximate surface area is 127 Å². The van der Waals surface area contributed by atoms with Crippen LogP contribution in [-0.4, -0.2) is 66.5 Å². The van der Waals surface area contributed by atoms with Gasteiger partial charge < -0.3 is 14.4 Å². The number of nitrogens with zero attached hydrogens (tertiary/aromatic N) is 1. The van der Waals surface area contributed by atoms with E-state index in [4.69, 9.17) is 14.0 Å². The van der Waals surface area contributed by atoms with Crippen LogP contribution in [0.25, 0.3) is 0 Å². The van der Waals surface area contributed by atoms with Crippen LogP contribution >= 0.6 is 0 Å². The minimum absolute atomic E-state index is 0.0779. The van der Waals surface area contributed by atoms with Crippen LogP contribution in [0.1, 0.15) is 26.7 Å². The highest BCUT2D eigenvalue weighted by Gasteiger charge is 2.56. The lowest BCUT2D eigenvalue weighted by atomic mass is 9.94. The Balaban J connectivity index is 2.04. The number of rotatable bonds is 5. The molecular weight excluding hydrogens is 324 g/mol. The standard InChI is InChI=1S/C12H19F2NO6S/c1-7-3-9(20-5-10-6-21-10)4-8(2)15(7)11(16)12(13,14)22(17,18)19/h7-10H,3-6H2,1-2H3,(H,17,18,19). The van der Waals surface area contributed by atoms with Gasteiger partial charge in [0.1, 0.15) is 6.10 Å². The van der Waals surface area contributed by atoms with Gasteiger partial charge in [0.2, 0.25) is 0 Å². The maximum Gasteiger partial charge on any atom is 0.446 e. The number of epoxide rings is 1. The first-order valence-electron chi connectivity index (χ1n) is 6.95. The predicted molar refractivity (Wildman–Crippen MR) is 71.0 cm³/mol. The summed E-state index contributed by atoms with van der Waals surface area (Å²) >= 11 is 0. The number of halogens is 2. The van der Waals surface area contributed by atoms with Gasteiger partial charge in [-0.3, -0.25) is 9.35 Å². The number of amides is 1. The SMILES string of the molecule is CC1CC(OCC2CO2)CC(C)N1C(=O)C(F)(F)S(=O)(=O)O. The monoisotopic (exact) mass is 343 g/mol. The summed E-state index contributed by atoms with van der Waals surface area (Å²) in [6.07, 6.45) is 0.487. The van der Waals surface area contributed by atoms with Crippen LogP contribution in [0.2, 0.25) is 0 Å². The fraction of sp³-hybridized carbons (Fsp3) is 0.917. The number of carbonyl (C=O) groups excluding carboxylic acids is 1. The predicted octanol–water partition coefficient (Wildman–Crippen LogP) is 0.650. The molecule has 10 heteroatoms. The van der Waals surface area contributed by atoms with Crippen LogP contribution < -0.4 is 0 Å². The van der Waals surface area contributed by atoms with Gasteiger partial charge in [0.15, 0.2) is 0 Å². The van der Waals surface area contributed by atoms with Crippen LogP contribution in [-0.2, 0) is 24.4 Å². The van der Waals surface area contributed by atoms with Crippen molar-refractivity contribution in [3.05, 3.63) is 0 Å². The van der Waals surface area contributed by atoms with E-state index in [0.29, 0.717) is 26.1 Å². The molecule has 1 N–H and O–H groups in total. The van der Waals surface area contributed by atoms with Gasteiger partial charge in [0, 0.05) is 12.1 Å². The van der Waals surface area contributed by atoms with E-state index in [1.165, 1.54) is 13.8 Å². The van der Waals surface area contributed by atoms with E-state index in [9.17, 15) is 22.0 Å². The molecule has 2 saturated heterocycles. The smallest absolute Gasteiger partial charge is 0.375 e. The molecule has 3 atom stereocenters. The third-order valence-corrected chi connectivity index (χ3v) is 4.71. The maximum absolute atomic E-state index is 13.5. The maximum atomic E-state index is 13.5. The van der Waals surface area contributed by atoms with Crippen molar-refractivity contribution in [3.63, 3.8) is 0 Å². The third kappa shape index (κ3) is 3.55. The van der Waals surface area contributed by atoms with E-state index < -0.39 is 33.4 Å². The Morgan fingerprint density at radius 2 is 1.86 bits per heavy atom. The minimum Gasteiger partial charge on any atom is -0.375 e. The summed E-state index contributed by atoms with van der Waals surface area (Å²) in [5, 5.41) is -4.84. The van der Waals surface area contributed by atoms with E-state index in [-0.39, 0.29) is 12.2 Å². The second kappa shape index (κ2) is 5.99. The van der Waals surface area contributed by atoms with Crippen molar-refractivity contribution < 1.29 is 36.0 Å². The van der Waals surface area contributed by atoms with E-state index in [1.807, 2.05) is 0 Å². The lowest BCUT2D eigenvalue weighted by molar-refractivity contribution is -0.157. The average molecular weight is 343 g/mol. The van der Waals surface area contributed by atoms with Crippen LogP contribution in [0, 0.1) is 0 Å². The average Bonchev–Trinajstić information content (AvgIpc) is 3.17. The number of alkyl halides is 2. The van der Waals surface area contributed by atoms with Gasteiger partial charge in [0.05, 0.1) is 19.3 Å². The first kappa shape index (κ1) is 17.5. The Morgan fingerprint density at radius 1 is 1.36 bits per heavy atom. The Kier molecular flexibility index (Phi) is 4.77. The van der Waals surface area contributed by atoms with Crippen LogP contribution in [0.5, 0.6) is 0 Å². The summed E-state index contributed by atoms with van der Waals surface area (Å²) in [5.74, 6) is -1.90. The molecule has 0 radical (unpaired) electrons. The summed E-state index contributed by atoms with van der Waals surface area (Å²) in [5.41, 5.74) is 0. The van der Waals surface area contributed by atoms with Gasteiger partial charge in [-0.1, -0.05) is 0 Å². The topological polar surface area (TPSA) is 96.4 Å². The highest BCUT2D eigenvalue weighted by molar-refractivity contribution is 7.87. The van der Waals surface area contributed by atoms with Gasteiger partial charge in [-0.25, -0.2) is 0 Å². The lowest BCUT2D eigenvalue weighted by Gasteiger charge is -2.43. The molecule has 3 unspecified atom stereocenters. The fourth-order valence-electron chi connectivity index (χ4n) is 2.72. The Bertz CT molecular complexity index is 524. The molecule has 2 rings (SSSR count). The highest BCUT2D eigenvalue weighted by Crippen LogP contribution is 2.32. The molecule has 128 valence electrons. The molecule has 0 spiro atoms. The van der Waals surface area contributed by atoms with Crippen LogP contribution in [0.4, 0.5) is 8.78 Å². The summed E-state index contributed by atoms with van der Waals surface area (Å²) < 4.78 is 67.7. The quantitative estimate of drug-likeness (QED) is 0.582. The van der Waals surface area contributed by atoms with Crippen molar-refractivity contribution in [2.45, 2.75) is 56.2 Å². The van der Waals surface area contributed by atoms with Gasteiger partial charge in [-0.05, 0) is 26.7 Å². The molecule has 0 bridgehead atoms. The second-order valence-corrected chi connectivity index (χ2v) is 7.25. The number of piperidine rings is 1. The summed E-state index contributed by atoms with van der Waals surface area (Å²) in [6.45, 7) is 4.14. The Hall–Kier alpha value is -0.840. The zero-order valence-electron chi connectivity index (χ0n) is 12.2. The normalized spacial score (nSPS) is 32.9. The van der Waals surface area contributed by atoms with Crippen LogP contribution in [0.3, 0.4) is 0 Å². The third-order valence-electron chi connectivity index (χ3n) is 3.89. The molecule has 2 fully saturated rings. The van der Waals surface area contributed by atoms with E-state index in [1.54, 1.807) is 0 Å². The zero-order valence-corrected chi connectivity index (χ0v) is 13.1. The van der Waals surface area contributed by atoms with Gasteiger partial charge >= 0.3 is 21.3 Å². The molecule has 0 saturated carbocycles. The molecule has 1 amide bonds. The number of hydrogen-bond acceptors (Lipinski definition) is 5. The fourth-order valence-corrected chi connectivity index (χ4v) is 3.05. The van der Waals surface area contributed by atoms with Gasteiger partial charge in [-0.2, -0.15) is 17.2 Å². The molecule has 0 aromatic carbocycles. The summed E-state index contributed by atoms with van der Waals surface area (Å²) in [7, 11) is -5.80. The molecule has 0 aliphatic carbocycles. The molecule has 0 aromatic heterocycles. The largest absolute Gasteiger partial charge is 0.446 e. The van der Waals surface area contributed by atoms with Crippen LogP contribution in [0.15, 0.2) is 0 Å². The van der Waals surface area contributed by atoms with Crippen molar-refractivity contribution in [2.75, 3.05) is 13.2 Å². The van der Waals surface area contributed by atoms with E-state index in [2.05, 4.69) is 0 Å². The molecular formula is C12H19F2NO6S. The number of likely N-dealkylation sites (tertiary alicyclic amines) is 1.